The van der Waals surface area contributed by atoms with Crippen LogP contribution in [0.4, 0.5) is 4.39 Å². The Labute approximate surface area is 121 Å². The number of ketones is 1. The molecule has 0 bridgehead atoms. The van der Waals surface area contributed by atoms with Gasteiger partial charge in [-0.15, -0.1) is 0 Å². The van der Waals surface area contributed by atoms with Crippen molar-refractivity contribution in [3.05, 3.63) is 65.1 Å². The van der Waals surface area contributed by atoms with E-state index in [4.69, 9.17) is 4.74 Å². The number of halogens is 1. The van der Waals surface area contributed by atoms with Gasteiger partial charge in [-0.05, 0) is 48.9 Å². The van der Waals surface area contributed by atoms with Gasteiger partial charge < -0.3 is 9.72 Å². The number of hydrogen-bond acceptors (Lipinski definition) is 2. The van der Waals surface area contributed by atoms with Crippen LogP contribution in [0.1, 0.15) is 21.5 Å². The van der Waals surface area contributed by atoms with E-state index in [0.717, 1.165) is 10.9 Å². The standard InChI is InChI=1S/C17H14FNO2/c1-10-7-11(18)3-5-13(10)17(20)15-9-19-16-6-4-12(21-2)8-14(15)16/h3-9,19H,1-2H3. The quantitative estimate of drug-likeness (QED) is 0.742. The number of methoxy groups -OCH3 is 1. The summed E-state index contributed by atoms with van der Waals surface area (Å²) in [6.07, 6.45) is 1.68. The van der Waals surface area contributed by atoms with E-state index in [-0.39, 0.29) is 11.6 Å². The molecule has 3 rings (SSSR count). The van der Waals surface area contributed by atoms with Crippen molar-refractivity contribution in [2.24, 2.45) is 0 Å². The Hall–Kier alpha value is -2.62. The van der Waals surface area contributed by atoms with Gasteiger partial charge in [-0.2, -0.15) is 0 Å². The smallest absolute Gasteiger partial charge is 0.195 e. The Morgan fingerprint density at radius 3 is 2.67 bits per heavy atom. The number of rotatable bonds is 3. The van der Waals surface area contributed by atoms with E-state index in [0.29, 0.717) is 22.4 Å². The van der Waals surface area contributed by atoms with Crippen LogP contribution in [0.2, 0.25) is 0 Å². The summed E-state index contributed by atoms with van der Waals surface area (Å²) in [4.78, 5) is 15.7. The minimum Gasteiger partial charge on any atom is -0.497 e. The number of carbonyl (C=O) groups is 1. The monoisotopic (exact) mass is 283 g/mol. The van der Waals surface area contributed by atoms with E-state index < -0.39 is 0 Å². The van der Waals surface area contributed by atoms with Crippen LogP contribution >= 0.6 is 0 Å². The fraction of sp³-hybridized carbons (Fsp3) is 0.118. The number of aromatic nitrogens is 1. The lowest BCUT2D eigenvalue weighted by atomic mass is 9.98. The molecule has 0 saturated heterocycles. The summed E-state index contributed by atoms with van der Waals surface area (Å²) in [5.74, 6) is 0.212. The average Bonchev–Trinajstić information content (AvgIpc) is 2.89. The van der Waals surface area contributed by atoms with E-state index >= 15 is 0 Å². The van der Waals surface area contributed by atoms with Gasteiger partial charge in [0, 0.05) is 28.2 Å². The molecule has 0 saturated carbocycles. The van der Waals surface area contributed by atoms with Crippen LogP contribution in [-0.2, 0) is 0 Å². The highest BCUT2D eigenvalue weighted by Crippen LogP contribution is 2.26. The first-order chi connectivity index (χ1) is 10.1. The Bertz CT molecular complexity index is 836. The number of H-pyrrole nitrogens is 1. The highest BCUT2D eigenvalue weighted by Gasteiger charge is 2.16. The van der Waals surface area contributed by atoms with Crippen molar-refractivity contribution in [1.82, 2.24) is 4.98 Å². The Morgan fingerprint density at radius 1 is 1.14 bits per heavy atom. The van der Waals surface area contributed by atoms with Crippen LogP contribution < -0.4 is 4.74 Å². The molecule has 1 N–H and O–H groups in total. The largest absolute Gasteiger partial charge is 0.497 e. The summed E-state index contributed by atoms with van der Waals surface area (Å²) < 4.78 is 18.4. The molecule has 4 heteroatoms. The number of ether oxygens (including phenoxy) is 1. The van der Waals surface area contributed by atoms with Gasteiger partial charge in [-0.25, -0.2) is 4.39 Å². The molecule has 0 aliphatic heterocycles. The summed E-state index contributed by atoms with van der Waals surface area (Å²) in [6.45, 7) is 1.73. The molecule has 0 aliphatic rings. The molecule has 0 fully saturated rings. The Kier molecular flexibility index (Phi) is 3.22. The Balaban J connectivity index is 2.13. The molecule has 0 unspecified atom stereocenters. The summed E-state index contributed by atoms with van der Waals surface area (Å²) in [5.41, 5.74) is 2.54. The molecule has 0 radical (unpaired) electrons. The molecule has 2 aromatic carbocycles. The number of carbonyl (C=O) groups excluding carboxylic acids is 1. The highest BCUT2D eigenvalue weighted by molar-refractivity contribution is 6.17. The number of hydrogen-bond donors (Lipinski definition) is 1. The summed E-state index contributed by atoms with van der Waals surface area (Å²) in [7, 11) is 1.58. The van der Waals surface area contributed by atoms with Crippen LogP contribution in [0.15, 0.2) is 42.6 Å². The van der Waals surface area contributed by atoms with Crippen LogP contribution in [0.3, 0.4) is 0 Å². The van der Waals surface area contributed by atoms with Gasteiger partial charge in [-0.1, -0.05) is 0 Å². The van der Waals surface area contributed by atoms with Crippen LogP contribution in [0, 0.1) is 12.7 Å². The van der Waals surface area contributed by atoms with Gasteiger partial charge in [0.1, 0.15) is 11.6 Å². The van der Waals surface area contributed by atoms with Gasteiger partial charge in [0.25, 0.3) is 0 Å². The zero-order valence-corrected chi connectivity index (χ0v) is 11.7. The topological polar surface area (TPSA) is 42.1 Å². The lowest BCUT2D eigenvalue weighted by molar-refractivity contribution is 0.103. The van der Waals surface area contributed by atoms with E-state index in [9.17, 15) is 9.18 Å². The number of nitrogens with one attached hydrogen (secondary N) is 1. The van der Waals surface area contributed by atoms with Gasteiger partial charge in [0.2, 0.25) is 0 Å². The first-order valence-corrected chi connectivity index (χ1v) is 6.56. The number of fused-ring (bicyclic) bond motifs is 1. The van der Waals surface area contributed by atoms with E-state index in [1.165, 1.54) is 18.2 Å². The second-order valence-electron chi connectivity index (χ2n) is 4.90. The van der Waals surface area contributed by atoms with E-state index in [2.05, 4.69) is 4.98 Å². The molecule has 0 aliphatic carbocycles. The first-order valence-electron chi connectivity index (χ1n) is 6.56. The van der Waals surface area contributed by atoms with Crippen molar-refractivity contribution in [1.29, 1.82) is 0 Å². The molecule has 0 amide bonds. The van der Waals surface area contributed by atoms with Crippen molar-refractivity contribution in [2.75, 3.05) is 7.11 Å². The van der Waals surface area contributed by atoms with Gasteiger partial charge in [-0.3, -0.25) is 4.79 Å². The van der Waals surface area contributed by atoms with Crippen molar-refractivity contribution < 1.29 is 13.9 Å². The molecular formula is C17H14FNO2. The fourth-order valence-corrected chi connectivity index (χ4v) is 2.44. The maximum absolute atomic E-state index is 13.2. The maximum atomic E-state index is 13.2. The highest BCUT2D eigenvalue weighted by atomic mass is 19.1. The van der Waals surface area contributed by atoms with Crippen LogP contribution in [-0.4, -0.2) is 17.9 Å². The molecule has 1 aromatic heterocycles. The van der Waals surface area contributed by atoms with Crippen molar-refractivity contribution in [3.8, 4) is 5.75 Å². The molecule has 0 spiro atoms. The summed E-state index contributed by atoms with van der Waals surface area (Å²) in [6, 6.07) is 9.70. The zero-order chi connectivity index (χ0) is 15.0. The van der Waals surface area contributed by atoms with Gasteiger partial charge >= 0.3 is 0 Å². The molecule has 0 atom stereocenters. The van der Waals surface area contributed by atoms with Crippen LogP contribution in [0.25, 0.3) is 10.9 Å². The number of benzene rings is 2. The number of aryl methyl sites for hydroxylation is 1. The summed E-state index contributed by atoms with van der Waals surface area (Å²) in [5, 5.41) is 0.795. The minimum atomic E-state index is -0.343. The molecule has 3 nitrogen and oxygen atoms in total. The van der Waals surface area contributed by atoms with E-state index in [1.54, 1.807) is 20.2 Å². The molecule has 21 heavy (non-hydrogen) atoms. The third-order valence-corrected chi connectivity index (χ3v) is 3.57. The molecule has 3 aromatic rings. The normalized spacial score (nSPS) is 10.8. The molecule has 106 valence electrons. The third kappa shape index (κ3) is 2.29. The second-order valence-corrected chi connectivity index (χ2v) is 4.90. The predicted octanol–water partition coefficient (Wildman–Crippen LogP) is 3.86. The lowest BCUT2D eigenvalue weighted by Gasteiger charge is -2.05. The van der Waals surface area contributed by atoms with Gasteiger partial charge in [0.15, 0.2) is 5.78 Å². The Morgan fingerprint density at radius 2 is 1.95 bits per heavy atom. The summed E-state index contributed by atoms with van der Waals surface area (Å²) >= 11 is 0. The average molecular weight is 283 g/mol. The molecular weight excluding hydrogens is 269 g/mol. The zero-order valence-electron chi connectivity index (χ0n) is 11.7. The van der Waals surface area contributed by atoms with Crippen LogP contribution in [0.5, 0.6) is 5.75 Å². The van der Waals surface area contributed by atoms with Gasteiger partial charge in [0.05, 0.1) is 7.11 Å². The van der Waals surface area contributed by atoms with E-state index in [1.807, 2.05) is 18.2 Å². The number of aromatic amines is 1. The van der Waals surface area contributed by atoms with Crippen molar-refractivity contribution >= 4 is 16.7 Å². The minimum absolute atomic E-state index is 0.132. The van der Waals surface area contributed by atoms with Crippen molar-refractivity contribution in [2.45, 2.75) is 6.92 Å². The lowest BCUT2D eigenvalue weighted by Crippen LogP contribution is -2.03. The predicted molar refractivity (Wildman–Crippen MR) is 79.4 cm³/mol. The van der Waals surface area contributed by atoms with Crippen molar-refractivity contribution in [3.63, 3.8) is 0 Å². The first kappa shape index (κ1) is 13.4. The second kappa shape index (κ2) is 5.05. The maximum Gasteiger partial charge on any atom is 0.195 e. The SMILES string of the molecule is COc1ccc2[nH]cc(C(=O)c3ccc(F)cc3C)c2c1. The fourth-order valence-electron chi connectivity index (χ4n) is 2.44. The molecule has 1 heterocycles. The third-order valence-electron chi connectivity index (χ3n) is 3.57.